The molecule has 4 heteroatoms. The average Bonchev–Trinajstić information content (AvgIpc) is 2.68. The second-order valence-electron chi connectivity index (χ2n) is 5.43. The lowest BCUT2D eigenvalue weighted by Gasteiger charge is -2.26. The lowest BCUT2D eigenvalue weighted by atomic mass is 9.83. The fraction of sp³-hybridized carbons (Fsp3) is 0.533. The molecule has 1 fully saturated rings. The maximum Gasteiger partial charge on any atom is 0.127 e. The predicted molar refractivity (Wildman–Crippen MR) is 81.0 cm³/mol. The summed E-state index contributed by atoms with van der Waals surface area (Å²) in [5, 5.41) is 0.673. The summed E-state index contributed by atoms with van der Waals surface area (Å²) in [6, 6.07) is 5.87. The minimum atomic E-state index is -0.0927. The largest absolute Gasteiger partial charge is 0.326 e. The number of rotatable bonds is 4. The Hall–Kier alpha value is -0.730. The highest BCUT2D eigenvalue weighted by Gasteiger charge is 2.20. The molecule has 1 unspecified atom stereocenters. The zero-order chi connectivity index (χ0) is 13.4. The minimum absolute atomic E-state index is 0.0927. The second kappa shape index (κ2) is 5.34. The molecule has 1 aliphatic carbocycles. The molecule has 1 aromatic carbocycles. The van der Waals surface area contributed by atoms with Gasteiger partial charge in [0.2, 0.25) is 0 Å². The van der Waals surface area contributed by atoms with Crippen LogP contribution < -0.4 is 0 Å². The minimum Gasteiger partial charge on any atom is -0.326 e. The zero-order valence-electron chi connectivity index (χ0n) is 11.1. The summed E-state index contributed by atoms with van der Waals surface area (Å²) >= 11 is 12.6. The normalized spacial score (nSPS) is 17.6. The van der Waals surface area contributed by atoms with Crippen LogP contribution in [0.3, 0.4) is 0 Å². The van der Waals surface area contributed by atoms with Gasteiger partial charge in [-0.05, 0) is 31.4 Å². The van der Waals surface area contributed by atoms with Crippen molar-refractivity contribution < 1.29 is 0 Å². The first kappa shape index (κ1) is 13.3. The standard InChI is InChI=1S/C15H18Cl2N2/c1-10(16)15-18-13-7-3-6-12(17)14(13)19(15)9-8-11-4-2-5-11/h3,6-7,10-11H,2,4-5,8-9H2,1H3. The van der Waals surface area contributed by atoms with Crippen LogP contribution in [0.15, 0.2) is 18.2 Å². The van der Waals surface area contributed by atoms with Crippen molar-refractivity contribution in [1.82, 2.24) is 9.55 Å². The van der Waals surface area contributed by atoms with Gasteiger partial charge < -0.3 is 4.57 Å². The maximum absolute atomic E-state index is 6.34. The smallest absolute Gasteiger partial charge is 0.127 e. The van der Waals surface area contributed by atoms with E-state index in [4.69, 9.17) is 23.2 Å². The Morgan fingerprint density at radius 3 is 2.84 bits per heavy atom. The summed E-state index contributed by atoms with van der Waals surface area (Å²) in [5.41, 5.74) is 1.98. The van der Waals surface area contributed by atoms with E-state index in [1.165, 1.54) is 25.7 Å². The third kappa shape index (κ3) is 2.48. The van der Waals surface area contributed by atoms with Crippen LogP contribution in [0, 0.1) is 5.92 Å². The van der Waals surface area contributed by atoms with Gasteiger partial charge in [-0.1, -0.05) is 36.9 Å². The summed E-state index contributed by atoms with van der Waals surface area (Å²) in [6.45, 7) is 2.94. The van der Waals surface area contributed by atoms with Gasteiger partial charge in [-0.15, -0.1) is 11.6 Å². The number of alkyl halides is 1. The molecule has 0 bridgehead atoms. The monoisotopic (exact) mass is 296 g/mol. The van der Waals surface area contributed by atoms with Gasteiger partial charge in [0, 0.05) is 6.54 Å². The number of imidazole rings is 1. The van der Waals surface area contributed by atoms with Crippen LogP contribution in [-0.2, 0) is 6.54 Å². The molecule has 102 valence electrons. The molecule has 1 saturated carbocycles. The van der Waals surface area contributed by atoms with Gasteiger partial charge in [0.15, 0.2) is 0 Å². The number of fused-ring (bicyclic) bond motifs is 1. The molecule has 2 aromatic rings. The average molecular weight is 297 g/mol. The Kier molecular flexibility index (Phi) is 3.72. The number of hydrogen-bond donors (Lipinski definition) is 0. The zero-order valence-corrected chi connectivity index (χ0v) is 12.6. The molecule has 1 atom stereocenters. The number of nitrogens with zero attached hydrogens (tertiary/aromatic N) is 2. The third-order valence-electron chi connectivity index (χ3n) is 4.09. The van der Waals surface area contributed by atoms with E-state index in [0.717, 1.165) is 34.3 Å². The summed E-state index contributed by atoms with van der Waals surface area (Å²) in [6.07, 6.45) is 5.32. The molecule has 1 heterocycles. The second-order valence-corrected chi connectivity index (χ2v) is 6.49. The Morgan fingerprint density at radius 1 is 1.42 bits per heavy atom. The van der Waals surface area contributed by atoms with Crippen molar-refractivity contribution in [1.29, 1.82) is 0 Å². The van der Waals surface area contributed by atoms with Crippen LogP contribution in [-0.4, -0.2) is 9.55 Å². The highest BCUT2D eigenvalue weighted by molar-refractivity contribution is 6.35. The Balaban J connectivity index is 1.99. The summed E-state index contributed by atoms with van der Waals surface area (Å²) in [4.78, 5) is 4.64. The quantitative estimate of drug-likeness (QED) is 0.711. The SMILES string of the molecule is CC(Cl)c1nc2cccc(Cl)c2n1CCC1CCC1. The predicted octanol–water partition coefficient (Wildman–Crippen LogP) is 5.18. The molecule has 2 nitrogen and oxygen atoms in total. The van der Waals surface area contributed by atoms with Crippen molar-refractivity contribution >= 4 is 34.2 Å². The number of halogens is 2. The van der Waals surface area contributed by atoms with Gasteiger partial charge >= 0.3 is 0 Å². The fourth-order valence-electron chi connectivity index (χ4n) is 2.78. The first-order chi connectivity index (χ1) is 9.16. The van der Waals surface area contributed by atoms with Gasteiger partial charge in [-0.25, -0.2) is 4.98 Å². The van der Waals surface area contributed by atoms with E-state index >= 15 is 0 Å². The van der Waals surface area contributed by atoms with E-state index < -0.39 is 0 Å². The van der Waals surface area contributed by atoms with Crippen LogP contribution >= 0.6 is 23.2 Å². The van der Waals surface area contributed by atoms with Crippen molar-refractivity contribution in [2.45, 2.75) is 44.5 Å². The lowest BCUT2D eigenvalue weighted by Crippen LogP contribution is -2.15. The Bertz CT molecular complexity index is 585. The lowest BCUT2D eigenvalue weighted by molar-refractivity contribution is 0.282. The topological polar surface area (TPSA) is 17.8 Å². The molecule has 3 rings (SSSR count). The number of benzene rings is 1. The Morgan fingerprint density at radius 2 is 2.21 bits per heavy atom. The molecule has 0 radical (unpaired) electrons. The fourth-order valence-corrected chi connectivity index (χ4v) is 3.22. The van der Waals surface area contributed by atoms with E-state index in [0.29, 0.717) is 0 Å². The maximum atomic E-state index is 6.34. The molecular weight excluding hydrogens is 279 g/mol. The molecule has 19 heavy (non-hydrogen) atoms. The number of para-hydroxylation sites is 1. The van der Waals surface area contributed by atoms with Crippen LogP contribution in [0.25, 0.3) is 11.0 Å². The summed E-state index contributed by atoms with van der Waals surface area (Å²) in [5.74, 6) is 1.81. The molecule has 1 aliphatic rings. The van der Waals surface area contributed by atoms with Gasteiger partial charge in [-0.2, -0.15) is 0 Å². The number of hydrogen-bond acceptors (Lipinski definition) is 1. The van der Waals surface area contributed by atoms with Gasteiger partial charge in [-0.3, -0.25) is 0 Å². The number of aryl methyl sites for hydroxylation is 1. The molecule has 0 amide bonds. The van der Waals surface area contributed by atoms with E-state index in [9.17, 15) is 0 Å². The van der Waals surface area contributed by atoms with Crippen molar-refractivity contribution in [3.63, 3.8) is 0 Å². The highest BCUT2D eigenvalue weighted by Crippen LogP contribution is 2.33. The first-order valence-electron chi connectivity index (χ1n) is 6.95. The van der Waals surface area contributed by atoms with Crippen LogP contribution in [0.4, 0.5) is 0 Å². The summed E-state index contributed by atoms with van der Waals surface area (Å²) in [7, 11) is 0. The molecule has 0 N–H and O–H groups in total. The van der Waals surface area contributed by atoms with E-state index in [-0.39, 0.29) is 5.38 Å². The van der Waals surface area contributed by atoms with Crippen LogP contribution in [0.5, 0.6) is 0 Å². The third-order valence-corrected chi connectivity index (χ3v) is 4.59. The number of aromatic nitrogens is 2. The van der Waals surface area contributed by atoms with Crippen LogP contribution in [0.2, 0.25) is 5.02 Å². The molecule has 0 aliphatic heterocycles. The molecular formula is C15H18Cl2N2. The van der Waals surface area contributed by atoms with Gasteiger partial charge in [0.05, 0.1) is 21.4 Å². The van der Waals surface area contributed by atoms with Crippen LogP contribution in [0.1, 0.15) is 43.8 Å². The van der Waals surface area contributed by atoms with Crippen molar-refractivity contribution in [3.8, 4) is 0 Å². The van der Waals surface area contributed by atoms with Gasteiger partial charge in [0.1, 0.15) is 5.82 Å². The van der Waals surface area contributed by atoms with E-state index in [2.05, 4.69) is 9.55 Å². The van der Waals surface area contributed by atoms with E-state index in [1.54, 1.807) is 0 Å². The highest BCUT2D eigenvalue weighted by atomic mass is 35.5. The van der Waals surface area contributed by atoms with E-state index in [1.807, 2.05) is 25.1 Å². The van der Waals surface area contributed by atoms with Crippen molar-refractivity contribution in [3.05, 3.63) is 29.0 Å². The first-order valence-corrected chi connectivity index (χ1v) is 7.77. The van der Waals surface area contributed by atoms with Crippen molar-refractivity contribution in [2.24, 2.45) is 5.92 Å². The van der Waals surface area contributed by atoms with Crippen molar-refractivity contribution in [2.75, 3.05) is 0 Å². The molecule has 0 spiro atoms. The molecule has 1 aromatic heterocycles. The Labute approximate surface area is 123 Å². The van der Waals surface area contributed by atoms with Gasteiger partial charge in [0.25, 0.3) is 0 Å². The molecule has 0 saturated heterocycles. The summed E-state index contributed by atoms with van der Waals surface area (Å²) < 4.78 is 2.22.